The lowest BCUT2D eigenvalue weighted by molar-refractivity contribution is 0.169. The van der Waals surface area contributed by atoms with Crippen molar-refractivity contribution in [3.8, 4) is 0 Å². The fraction of sp³-hybridized carbons (Fsp3) is 0.800. The van der Waals surface area contributed by atoms with Gasteiger partial charge < -0.3 is 5.11 Å². The van der Waals surface area contributed by atoms with Crippen molar-refractivity contribution in [1.82, 2.24) is 24.2 Å². The predicted octanol–water partition coefficient (Wildman–Crippen LogP) is -1.11. The second kappa shape index (κ2) is 6.42. The Balaban J connectivity index is 1.78. The summed E-state index contributed by atoms with van der Waals surface area (Å²) >= 11 is 0. The number of H-pyrrole nitrogens is 1. The summed E-state index contributed by atoms with van der Waals surface area (Å²) in [5, 5.41) is 15.4. The Labute approximate surface area is 112 Å². The number of rotatable bonds is 6. The summed E-state index contributed by atoms with van der Waals surface area (Å²) in [5.74, 6) is 0.877. The van der Waals surface area contributed by atoms with E-state index in [1.165, 1.54) is 10.6 Å². The van der Waals surface area contributed by atoms with Gasteiger partial charge in [-0.3, -0.25) is 5.10 Å². The van der Waals surface area contributed by atoms with Gasteiger partial charge in [0.2, 0.25) is 0 Å². The van der Waals surface area contributed by atoms with Crippen molar-refractivity contribution >= 4 is 10.2 Å². The highest BCUT2D eigenvalue weighted by atomic mass is 32.2. The number of aromatic amines is 1. The van der Waals surface area contributed by atoms with Crippen LogP contribution >= 0.6 is 0 Å². The zero-order valence-electron chi connectivity index (χ0n) is 10.6. The van der Waals surface area contributed by atoms with Crippen molar-refractivity contribution in [2.45, 2.75) is 19.3 Å². The first-order chi connectivity index (χ1) is 9.12. The van der Waals surface area contributed by atoms with Gasteiger partial charge >= 0.3 is 0 Å². The molecule has 1 aromatic rings. The van der Waals surface area contributed by atoms with Crippen molar-refractivity contribution in [2.24, 2.45) is 5.92 Å². The third-order valence-electron chi connectivity index (χ3n) is 3.28. The van der Waals surface area contributed by atoms with Crippen LogP contribution in [0.15, 0.2) is 6.33 Å². The molecule has 0 bridgehead atoms. The number of piperidine rings is 1. The second-order valence-corrected chi connectivity index (χ2v) is 6.36. The van der Waals surface area contributed by atoms with Crippen LogP contribution in [0.25, 0.3) is 0 Å². The highest BCUT2D eigenvalue weighted by Gasteiger charge is 2.27. The molecule has 1 aromatic heterocycles. The lowest BCUT2D eigenvalue weighted by atomic mass is 10.00. The van der Waals surface area contributed by atoms with Crippen molar-refractivity contribution in [3.63, 3.8) is 0 Å². The normalized spacial score (nSPS) is 18.8. The zero-order chi connectivity index (χ0) is 13.7. The molecule has 0 atom stereocenters. The molecule has 2 heterocycles. The molecule has 1 aliphatic rings. The summed E-state index contributed by atoms with van der Waals surface area (Å²) in [6, 6.07) is 0. The summed E-state index contributed by atoms with van der Waals surface area (Å²) in [4.78, 5) is 3.93. The molecule has 1 aliphatic heterocycles. The minimum atomic E-state index is -3.43. The molecule has 0 unspecified atom stereocenters. The fourth-order valence-electron chi connectivity index (χ4n) is 2.07. The van der Waals surface area contributed by atoms with Crippen LogP contribution in [0, 0.1) is 5.92 Å². The first-order valence-corrected chi connectivity index (χ1v) is 7.75. The number of nitrogens with one attached hydrogen (secondary N) is 2. The van der Waals surface area contributed by atoms with Crippen LogP contribution in [-0.2, 0) is 16.6 Å². The first-order valence-electron chi connectivity index (χ1n) is 6.31. The van der Waals surface area contributed by atoms with Gasteiger partial charge in [0, 0.05) is 32.7 Å². The molecule has 0 saturated carbocycles. The number of aliphatic hydroxyl groups is 1. The van der Waals surface area contributed by atoms with E-state index in [-0.39, 0.29) is 19.1 Å². The predicted molar refractivity (Wildman–Crippen MR) is 68.4 cm³/mol. The maximum atomic E-state index is 12.0. The number of hydrogen-bond acceptors (Lipinski definition) is 5. The molecule has 8 nitrogen and oxygen atoms in total. The van der Waals surface area contributed by atoms with Crippen LogP contribution in [-0.4, -0.2) is 59.3 Å². The van der Waals surface area contributed by atoms with Gasteiger partial charge in [-0.2, -0.15) is 17.8 Å². The van der Waals surface area contributed by atoms with Gasteiger partial charge in [0.25, 0.3) is 10.2 Å². The lowest BCUT2D eigenvalue weighted by Gasteiger charge is -2.30. The van der Waals surface area contributed by atoms with Gasteiger partial charge in [0.1, 0.15) is 12.2 Å². The Morgan fingerprint density at radius 1 is 1.47 bits per heavy atom. The summed E-state index contributed by atoms with van der Waals surface area (Å²) < 4.78 is 28.0. The van der Waals surface area contributed by atoms with Crippen molar-refractivity contribution in [2.75, 3.05) is 26.2 Å². The number of aliphatic hydroxyl groups excluding tert-OH is 1. The molecule has 108 valence electrons. The molecule has 0 aromatic carbocycles. The topological polar surface area (TPSA) is 111 Å². The molecule has 0 aliphatic carbocycles. The van der Waals surface area contributed by atoms with E-state index in [9.17, 15) is 8.42 Å². The van der Waals surface area contributed by atoms with Crippen LogP contribution in [0.5, 0.6) is 0 Å². The van der Waals surface area contributed by atoms with E-state index in [1.807, 2.05) is 0 Å². The molecule has 0 spiro atoms. The van der Waals surface area contributed by atoms with Gasteiger partial charge in [0.05, 0.1) is 0 Å². The van der Waals surface area contributed by atoms with Crippen molar-refractivity contribution in [3.05, 3.63) is 12.2 Å². The highest BCUT2D eigenvalue weighted by Crippen LogP contribution is 2.18. The minimum Gasteiger partial charge on any atom is -0.396 e. The molecule has 9 heteroatoms. The average molecular weight is 289 g/mol. The van der Waals surface area contributed by atoms with E-state index in [0.717, 1.165) is 0 Å². The van der Waals surface area contributed by atoms with Gasteiger partial charge in [-0.05, 0) is 18.8 Å². The van der Waals surface area contributed by atoms with E-state index in [2.05, 4.69) is 19.9 Å². The first kappa shape index (κ1) is 14.4. The van der Waals surface area contributed by atoms with E-state index in [0.29, 0.717) is 38.2 Å². The van der Waals surface area contributed by atoms with Gasteiger partial charge in [-0.1, -0.05) is 0 Å². The molecule has 3 N–H and O–H groups in total. The molecular formula is C10H19N5O3S. The largest absolute Gasteiger partial charge is 0.396 e. The number of hydrogen-bond donors (Lipinski definition) is 3. The standard InChI is InChI=1S/C10H19N5O3S/c16-7-9-2-5-15(6-3-9)19(17,18)13-4-1-10-11-8-12-14-10/h8-9,13,16H,1-7H2,(H,11,12,14). The summed E-state index contributed by atoms with van der Waals surface area (Å²) in [6.07, 6.45) is 3.29. The van der Waals surface area contributed by atoms with Crippen LogP contribution in [0.2, 0.25) is 0 Å². The lowest BCUT2D eigenvalue weighted by Crippen LogP contribution is -2.45. The molecule has 0 amide bonds. The summed E-state index contributed by atoms with van der Waals surface area (Å²) in [6.45, 7) is 1.34. The van der Waals surface area contributed by atoms with Crippen molar-refractivity contribution in [1.29, 1.82) is 0 Å². The second-order valence-electron chi connectivity index (χ2n) is 4.61. The molecule has 19 heavy (non-hydrogen) atoms. The van der Waals surface area contributed by atoms with Crippen molar-refractivity contribution < 1.29 is 13.5 Å². The minimum absolute atomic E-state index is 0.132. The summed E-state index contributed by atoms with van der Waals surface area (Å²) in [7, 11) is -3.43. The SMILES string of the molecule is O=S(=O)(NCCc1ncn[nH]1)N1CCC(CO)CC1. The van der Waals surface area contributed by atoms with Gasteiger partial charge in [-0.25, -0.2) is 9.71 Å². The highest BCUT2D eigenvalue weighted by molar-refractivity contribution is 7.87. The van der Waals surface area contributed by atoms with Gasteiger partial charge in [0.15, 0.2) is 0 Å². The molecule has 1 fully saturated rings. The Kier molecular flexibility index (Phi) is 4.86. The van der Waals surface area contributed by atoms with E-state index in [1.54, 1.807) is 0 Å². The zero-order valence-corrected chi connectivity index (χ0v) is 11.4. The third kappa shape index (κ3) is 3.96. The molecule has 0 radical (unpaired) electrons. The number of nitrogens with zero attached hydrogens (tertiary/aromatic N) is 3. The van der Waals surface area contributed by atoms with Gasteiger partial charge in [-0.15, -0.1) is 0 Å². The smallest absolute Gasteiger partial charge is 0.279 e. The summed E-state index contributed by atoms with van der Waals surface area (Å²) in [5.41, 5.74) is 0. The molecule has 1 saturated heterocycles. The Morgan fingerprint density at radius 3 is 2.79 bits per heavy atom. The van der Waals surface area contributed by atoms with E-state index < -0.39 is 10.2 Å². The average Bonchev–Trinajstić information content (AvgIpc) is 2.92. The molecule has 2 rings (SSSR count). The van der Waals surface area contributed by atoms with E-state index >= 15 is 0 Å². The maximum Gasteiger partial charge on any atom is 0.279 e. The maximum absolute atomic E-state index is 12.0. The van der Waals surface area contributed by atoms with Crippen LogP contribution in [0.1, 0.15) is 18.7 Å². The Bertz CT molecular complexity index is 467. The van der Waals surface area contributed by atoms with Crippen LogP contribution in [0.4, 0.5) is 0 Å². The quantitative estimate of drug-likeness (QED) is 0.614. The molecular weight excluding hydrogens is 270 g/mol. The Hall–Kier alpha value is -1.03. The fourth-order valence-corrected chi connectivity index (χ4v) is 3.31. The Morgan fingerprint density at radius 2 is 2.21 bits per heavy atom. The number of aromatic nitrogens is 3. The monoisotopic (exact) mass is 289 g/mol. The third-order valence-corrected chi connectivity index (χ3v) is 4.90. The van der Waals surface area contributed by atoms with Crippen LogP contribution < -0.4 is 4.72 Å². The van der Waals surface area contributed by atoms with Crippen LogP contribution in [0.3, 0.4) is 0 Å². The van der Waals surface area contributed by atoms with E-state index in [4.69, 9.17) is 5.11 Å².